The van der Waals surface area contributed by atoms with Gasteiger partial charge in [0.05, 0.1) is 0 Å². The van der Waals surface area contributed by atoms with Crippen molar-refractivity contribution in [1.82, 2.24) is 8.87 Å². The molecule has 1 saturated heterocycles. The molecular weight excluding hydrogens is 304 g/mol. The molecule has 0 aliphatic carbocycles. The molecule has 0 radical (unpaired) electrons. The summed E-state index contributed by atoms with van der Waals surface area (Å²) in [6.07, 6.45) is 0.929. The number of carboxylic acid groups (broad SMARTS) is 1. The molecule has 3 rings (SSSR count). The molecule has 1 aliphatic heterocycles. The number of aliphatic carboxylic acids is 1. The van der Waals surface area contributed by atoms with Crippen LogP contribution in [0.15, 0.2) is 29.2 Å². The number of sulfonamides is 1. The van der Waals surface area contributed by atoms with Gasteiger partial charge in [-0.05, 0) is 25.8 Å². The molecular formula is C15H18N2O4S. The molecule has 0 spiro atoms. The van der Waals surface area contributed by atoms with Crippen LogP contribution in [0.3, 0.4) is 0 Å². The number of rotatable bonds is 3. The summed E-state index contributed by atoms with van der Waals surface area (Å²) < 4.78 is 29.0. The van der Waals surface area contributed by atoms with Crippen LogP contribution in [-0.2, 0) is 21.9 Å². The second-order valence-corrected chi connectivity index (χ2v) is 7.43. The molecule has 1 unspecified atom stereocenters. The van der Waals surface area contributed by atoms with Crippen LogP contribution in [0, 0.1) is 6.92 Å². The Kier molecular flexibility index (Phi) is 3.49. The van der Waals surface area contributed by atoms with Gasteiger partial charge in [0.15, 0.2) is 0 Å². The number of benzene rings is 1. The topological polar surface area (TPSA) is 79.6 Å². The lowest BCUT2D eigenvalue weighted by atomic mass is 10.2. The number of fused-ring (bicyclic) bond motifs is 1. The van der Waals surface area contributed by atoms with Crippen molar-refractivity contribution in [2.45, 2.75) is 30.7 Å². The lowest BCUT2D eigenvalue weighted by molar-refractivity contribution is -0.140. The average Bonchev–Trinajstić information content (AvgIpc) is 3.05. The lowest BCUT2D eigenvalue weighted by Crippen LogP contribution is -2.40. The van der Waals surface area contributed by atoms with Crippen LogP contribution in [0.4, 0.5) is 0 Å². The number of carbonyl (C=O) groups is 1. The summed E-state index contributed by atoms with van der Waals surface area (Å²) in [4.78, 5) is 11.6. The predicted molar refractivity (Wildman–Crippen MR) is 82.2 cm³/mol. The maximum atomic E-state index is 13.0. The zero-order valence-corrected chi connectivity index (χ0v) is 13.3. The number of nitrogens with zero attached hydrogens (tertiary/aromatic N) is 2. The Morgan fingerprint density at radius 1 is 1.32 bits per heavy atom. The highest BCUT2D eigenvalue weighted by atomic mass is 32.2. The molecule has 2 aromatic rings. The highest BCUT2D eigenvalue weighted by molar-refractivity contribution is 7.89. The van der Waals surface area contributed by atoms with E-state index in [0.29, 0.717) is 23.9 Å². The summed E-state index contributed by atoms with van der Waals surface area (Å²) in [6.45, 7) is 2.00. The van der Waals surface area contributed by atoms with Crippen LogP contribution in [0.2, 0.25) is 0 Å². The largest absolute Gasteiger partial charge is 0.480 e. The molecule has 1 atom stereocenters. The van der Waals surface area contributed by atoms with Crippen LogP contribution >= 0.6 is 0 Å². The molecule has 6 nitrogen and oxygen atoms in total. The summed E-state index contributed by atoms with van der Waals surface area (Å²) in [5.41, 5.74) is 1.45. The number of carboxylic acids is 1. The van der Waals surface area contributed by atoms with E-state index in [0.717, 1.165) is 9.82 Å². The van der Waals surface area contributed by atoms with E-state index in [4.69, 9.17) is 0 Å². The third-order valence-corrected chi connectivity index (χ3v) is 6.48. The third-order valence-electron chi connectivity index (χ3n) is 4.40. The van der Waals surface area contributed by atoms with Crippen molar-refractivity contribution in [1.29, 1.82) is 0 Å². The quantitative estimate of drug-likeness (QED) is 0.933. The first kappa shape index (κ1) is 15.1. The minimum Gasteiger partial charge on any atom is -0.480 e. The van der Waals surface area contributed by atoms with Crippen molar-refractivity contribution < 1.29 is 18.3 Å². The Bertz CT molecular complexity index is 854. The number of para-hydroxylation sites is 1. The lowest BCUT2D eigenvalue weighted by Gasteiger charge is -2.21. The molecule has 1 fully saturated rings. The predicted octanol–water partition coefficient (Wildman–Crippen LogP) is 1.72. The standard InChI is InChI=1S/C15H18N2O4S/c1-10-14(11-6-3-4-7-12(11)16(10)2)22(20,21)17-9-5-8-13(17)15(18)19/h3-4,6-7,13H,5,8-9H2,1-2H3,(H,18,19). The van der Waals surface area contributed by atoms with Crippen LogP contribution < -0.4 is 0 Å². The Morgan fingerprint density at radius 2 is 2.00 bits per heavy atom. The first-order chi connectivity index (χ1) is 10.4. The molecule has 1 aromatic heterocycles. The summed E-state index contributed by atoms with van der Waals surface area (Å²) in [6, 6.07) is 6.30. The molecule has 0 saturated carbocycles. The van der Waals surface area contributed by atoms with Crippen molar-refractivity contribution in [3.8, 4) is 0 Å². The van der Waals surface area contributed by atoms with Crippen LogP contribution in [-0.4, -0.2) is 41.0 Å². The molecule has 0 amide bonds. The summed E-state index contributed by atoms with van der Waals surface area (Å²) in [5, 5.41) is 9.91. The van der Waals surface area contributed by atoms with Crippen molar-refractivity contribution in [3.63, 3.8) is 0 Å². The van der Waals surface area contributed by atoms with Crippen molar-refractivity contribution in [3.05, 3.63) is 30.0 Å². The maximum Gasteiger partial charge on any atom is 0.322 e. The van der Waals surface area contributed by atoms with Gasteiger partial charge in [-0.1, -0.05) is 18.2 Å². The van der Waals surface area contributed by atoms with Gasteiger partial charge in [0.1, 0.15) is 10.9 Å². The van der Waals surface area contributed by atoms with Gasteiger partial charge in [0, 0.05) is 30.2 Å². The summed E-state index contributed by atoms with van der Waals surface area (Å²) in [5.74, 6) is -1.08. The monoisotopic (exact) mass is 322 g/mol. The van der Waals surface area contributed by atoms with E-state index < -0.39 is 22.0 Å². The van der Waals surface area contributed by atoms with E-state index in [1.165, 1.54) is 0 Å². The van der Waals surface area contributed by atoms with Crippen molar-refractivity contribution in [2.24, 2.45) is 7.05 Å². The van der Waals surface area contributed by atoms with Gasteiger partial charge in [0.2, 0.25) is 10.0 Å². The van der Waals surface area contributed by atoms with E-state index in [1.807, 2.05) is 23.7 Å². The second-order valence-electron chi connectivity index (χ2n) is 5.60. The Balaban J connectivity index is 2.22. The maximum absolute atomic E-state index is 13.0. The highest BCUT2D eigenvalue weighted by Crippen LogP contribution is 2.34. The van der Waals surface area contributed by atoms with E-state index >= 15 is 0 Å². The van der Waals surface area contributed by atoms with Crippen molar-refractivity contribution >= 4 is 26.9 Å². The van der Waals surface area contributed by atoms with E-state index in [-0.39, 0.29) is 11.4 Å². The zero-order valence-electron chi connectivity index (χ0n) is 12.5. The van der Waals surface area contributed by atoms with Gasteiger partial charge in [-0.3, -0.25) is 4.79 Å². The Labute approximate surface area is 129 Å². The van der Waals surface area contributed by atoms with Gasteiger partial charge in [-0.2, -0.15) is 4.31 Å². The summed E-state index contributed by atoms with van der Waals surface area (Å²) >= 11 is 0. The van der Waals surface area contributed by atoms with Crippen LogP contribution in [0.5, 0.6) is 0 Å². The normalized spacial score (nSPS) is 19.8. The van der Waals surface area contributed by atoms with Gasteiger partial charge >= 0.3 is 5.97 Å². The minimum absolute atomic E-state index is 0.221. The van der Waals surface area contributed by atoms with Crippen LogP contribution in [0.25, 0.3) is 10.9 Å². The zero-order chi connectivity index (χ0) is 16.1. The van der Waals surface area contributed by atoms with Gasteiger partial charge in [0.25, 0.3) is 0 Å². The first-order valence-corrected chi connectivity index (χ1v) is 8.58. The van der Waals surface area contributed by atoms with E-state index in [2.05, 4.69) is 0 Å². The smallest absolute Gasteiger partial charge is 0.322 e. The third kappa shape index (κ3) is 2.04. The molecule has 0 bridgehead atoms. The molecule has 1 aromatic carbocycles. The molecule has 1 aliphatic rings. The molecule has 118 valence electrons. The minimum atomic E-state index is -3.84. The number of aromatic nitrogens is 1. The summed E-state index contributed by atoms with van der Waals surface area (Å²) in [7, 11) is -2.02. The number of aryl methyl sites for hydroxylation is 1. The SMILES string of the molecule is Cc1c(S(=O)(=O)N2CCCC2C(=O)O)c2ccccc2n1C. The van der Waals surface area contributed by atoms with E-state index in [9.17, 15) is 18.3 Å². The van der Waals surface area contributed by atoms with Gasteiger partial charge in [-0.25, -0.2) is 8.42 Å². The fourth-order valence-corrected chi connectivity index (χ4v) is 5.30. The van der Waals surface area contributed by atoms with Crippen molar-refractivity contribution in [2.75, 3.05) is 6.54 Å². The van der Waals surface area contributed by atoms with Crippen LogP contribution in [0.1, 0.15) is 18.5 Å². The molecule has 1 N–H and O–H groups in total. The number of hydrogen-bond donors (Lipinski definition) is 1. The van der Waals surface area contributed by atoms with E-state index in [1.54, 1.807) is 19.1 Å². The molecule has 22 heavy (non-hydrogen) atoms. The highest BCUT2D eigenvalue weighted by Gasteiger charge is 2.41. The number of hydrogen-bond acceptors (Lipinski definition) is 3. The fourth-order valence-electron chi connectivity index (χ4n) is 3.20. The Morgan fingerprint density at radius 3 is 2.68 bits per heavy atom. The molecule has 7 heteroatoms. The first-order valence-electron chi connectivity index (χ1n) is 7.14. The van der Waals surface area contributed by atoms with Gasteiger partial charge in [-0.15, -0.1) is 0 Å². The molecule has 2 heterocycles. The fraction of sp³-hybridized carbons (Fsp3) is 0.400. The average molecular weight is 322 g/mol. The van der Waals surface area contributed by atoms with Gasteiger partial charge < -0.3 is 9.67 Å². The Hall–Kier alpha value is -1.86. The second kappa shape index (κ2) is 5.10.